The molecule has 0 bridgehead atoms. The Balaban J connectivity index is 2.15. The van der Waals surface area contributed by atoms with Crippen LogP contribution in [0.3, 0.4) is 0 Å². The van der Waals surface area contributed by atoms with Crippen LogP contribution in [0.4, 0.5) is 0 Å². The molecule has 0 heterocycles. The third kappa shape index (κ3) is 7.54. The van der Waals surface area contributed by atoms with E-state index in [0.717, 1.165) is 17.5 Å². The van der Waals surface area contributed by atoms with Crippen molar-refractivity contribution in [1.82, 2.24) is 10.2 Å². The summed E-state index contributed by atoms with van der Waals surface area (Å²) in [7, 11) is 0. The minimum atomic E-state index is -0.455. The van der Waals surface area contributed by atoms with E-state index in [0.29, 0.717) is 38.3 Å². The van der Waals surface area contributed by atoms with Gasteiger partial charge < -0.3 is 10.2 Å². The van der Waals surface area contributed by atoms with E-state index in [1.165, 1.54) is 11.1 Å². The summed E-state index contributed by atoms with van der Waals surface area (Å²) in [6.07, 6.45) is 2.54. The lowest BCUT2D eigenvalue weighted by molar-refractivity contribution is -0.141. The van der Waals surface area contributed by atoms with Crippen molar-refractivity contribution < 1.29 is 9.59 Å². The summed E-state index contributed by atoms with van der Waals surface area (Å²) in [6, 6.07) is 16.2. The van der Waals surface area contributed by atoms with Crippen molar-refractivity contribution in [2.24, 2.45) is 0 Å². The fraction of sp³-hybridized carbons (Fsp3) is 0.481. The molecule has 2 rings (SSSR count). The molecule has 0 spiro atoms. The van der Waals surface area contributed by atoms with Gasteiger partial charge in [-0.2, -0.15) is 0 Å². The highest BCUT2D eigenvalue weighted by atomic mass is 16.2. The van der Waals surface area contributed by atoms with Crippen molar-refractivity contribution in [1.29, 1.82) is 0 Å². The van der Waals surface area contributed by atoms with Crippen LogP contribution in [0, 0.1) is 6.92 Å². The molecule has 4 heteroatoms. The first-order valence-electron chi connectivity index (χ1n) is 11.6. The predicted molar refractivity (Wildman–Crippen MR) is 128 cm³/mol. The largest absolute Gasteiger partial charge is 0.354 e. The number of hydrogen-bond acceptors (Lipinski definition) is 2. The van der Waals surface area contributed by atoms with Crippen LogP contribution in [0.1, 0.15) is 75.1 Å². The maximum atomic E-state index is 13.3. The molecule has 0 fully saturated rings. The predicted octanol–water partition coefficient (Wildman–Crippen LogP) is 5.38. The van der Waals surface area contributed by atoms with Crippen molar-refractivity contribution in [3.8, 4) is 0 Å². The molecule has 0 unspecified atom stereocenters. The highest BCUT2D eigenvalue weighted by molar-refractivity contribution is 5.87. The second-order valence-corrected chi connectivity index (χ2v) is 8.62. The van der Waals surface area contributed by atoms with Gasteiger partial charge in [0, 0.05) is 19.5 Å². The molecule has 2 aromatic carbocycles. The first kappa shape index (κ1) is 24.6. The molecule has 168 valence electrons. The number of nitrogens with zero attached hydrogens (tertiary/aromatic N) is 1. The maximum Gasteiger partial charge on any atom is 0.242 e. The van der Waals surface area contributed by atoms with E-state index in [-0.39, 0.29) is 11.8 Å². The average molecular weight is 423 g/mol. The SMILES string of the molecule is CCCNC(=O)[C@H](CC)N(Cc1ccc(C)cc1)C(=O)CCc1ccc(C(C)C)cc1. The molecular formula is C27H38N2O2. The summed E-state index contributed by atoms with van der Waals surface area (Å²) in [5.74, 6) is 0.450. The van der Waals surface area contributed by atoms with Crippen LogP contribution >= 0.6 is 0 Å². The van der Waals surface area contributed by atoms with Gasteiger partial charge in [-0.1, -0.05) is 81.8 Å². The standard InChI is InChI=1S/C27H38N2O2/c1-6-18-28-27(31)25(7-2)29(19-23-10-8-21(5)9-11-23)26(30)17-14-22-12-15-24(16-13-22)20(3)4/h8-13,15-16,20,25H,6-7,14,17-19H2,1-5H3,(H,28,31)/t25-/m0/s1. The van der Waals surface area contributed by atoms with Crippen molar-refractivity contribution in [2.75, 3.05) is 6.54 Å². The van der Waals surface area contributed by atoms with Crippen LogP contribution in [0.25, 0.3) is 0 Å². The molecule has 0 aliphatic rings. The van der Waals surface area contributed by atoms with Crippen LogP contribution < -0.4 is 5.32 Å². The van der Waals surface area contributed by atoms with Gasteiger partial charge in [0.1, 0.15) is 6.04 Å². The Morgan fingerprint density at radius 1 is 0.935 bits per heavy atom. The Hall–Kier alpha value is -2.62. The van der Waals surface area contributed by atoms with Gasteiger partial charge in [0.15, 0.2) is 0 Å². The number of carbonyl (C=O) groups is 2. The van der Waals surface area contributed by atoms with Crippen molar-refractivity contribution >= 4 is 11.8 Å². The summed E-state index contributed by atoms with van der Waals surface area (Å²) in [5, 5.41) is 2.97. The molecular weight excluding hydrogens is 384 g/mol. The Labute approximate surface area is 188 Å². The lowest BCUT2D eigenvalue weighted by atomic mass is 10.00. The van der Waals surface area contributed by atoms with Gasteiger partial charge in [0.2, 0.25) is 11.8 Å². The number of amides is 2. The Kier molecular flexibility index (Phi) is 9.77. The van der Waals surface area contributed by atoms with Crippen LogP contribution in [-0.2, 0) is 22.6 Å². The van der Waals surface area contributed by atoms with E-state index in [1.807, 2.05) is 45.0 Å². The molecule has 1 N–H and O–H groups in total. The summed E-state index contributed by atoms with van der Waals surface area (Å²) in [6.45, 7) is 11.5. The van der Waals surface area contributed by atoms with Crippen molar-refractivity contribution in [3.05, 3.63) is 70.8 Å². The van der Waals surface area contributed by atoms with E-state index in [2.05, 4.69) is 43.4 Å². The van der Waals surface area contributed by atoms with E-state index < -0.39 is 6.04 Å². The first-order chi connectivity index (χ1) is 14.8. The van der Waals surface area contributed by atoms with Crippen LogP contribution in [-0.4, -0.2) is 29.3 Å². The molecule has 2 amide bonds. The Morgan fingerprint density at radius 2 is 1.55 bits per heavy atom. The maximum absolute atomic E-state index is 13.3. The van der Waals surface area contributed by atoms with Crippen LogP contribution in [0.2, 0.25) is 0 Å². The van der Waals surface area contributed by atoms with Gasteiger partial charge in [-0.15, -0.1) is 0 Å². The topological polar surface area (TPSA) is 49.4 Å². The van der Waals surface area contributed by atoms with Crippen LogP contribution in [0.15, 0.2) is 48.5 Å². The van der Waals surface area contributed by atoms with E-state index >= 15 is 0 Å². The Bertz CT molecular complexity index is 825. The average Bonchev–Trinajstić information content (AvgIpc) is 2.77. The fourth-order valence-electron chi connectivity index (χ4n) is 3.64. The van der Waals surface area contributed by atoms with Gasteiger partial charge in [-0.3, -0.25) is 9.59 Å². The Morgan fingerprint density at radius 3 is 2.10 bits per heavy atom. The molecule has 0 aliphatic carbocycles. The molecule has 0 radical (unpaired) electrons. The van der Waals surface area contributed by atoms with E-state index in [1.54, 1.807) is 4.90 Å². The number of rotatable bonds is 11. The van der Waals surface area contributed by atoms with Crippen molar-refractivity contribution in [3.63, 3.8) is 0 Å². The monoisotopic (exact) mass is 422 g/mol. The number of carbonyl (C=O) groups excluding carboxylic acids is 2. The van der Waals surface area contributed by atoms with Crippen molar-refractivity contribution in [2.45, 2.75) is 78.8 Å². The molecule has 0 saturated carbocycles. The first-order valence-corrected chi connectivity index (χ1v) is 11.6. The number of benzene rings is 2. The zero-order chi connectivity index (χ0) is 22.8. The minimum absolute atomic E-state index is 0.0204. The summed E-state index contributed by atoms with van der Waals surface area (Å²) in [5.41, 5.74) is 4.67. The summed E-state index contributed by atoms with van der Waals surface area (Å²) in [4.78, 5) is 27.8. The van der Waals surface area contributed by atoms with Gasteiger partial charge in [-0.25, -0.2) is 0 Å². The third-order valence-electron chi connectivity index (χ3n) is 5.68. The smallest absolute Gasteiger partial charge is 0.242 e. The lowest BCUT2D eigenvalue weighted by Gasteiger charge is -2.31. The van der Waals surface area contributed by atoms with Gasteiger partial charge in [0.25, 0.3) is 0 Å². The molecule has 0 aliphatic heterocycles. The highest BCUT2D eigenvalue weighted by Gasteiger charge is 2.28. The zero-order valence-electron chi connectivity index (χ0n) is 19.8. The van der Waals surface area contributed by atoms with Gasteiger partial charge >= 0.3 is 0 Å². The second-order valence-electron chi connectivity index (χ2n) is 8.62. The number of nitrogens with one attached hydrogen (secondary N) is 1. The van der Waals surface area contributed by atoms with E-state index in [9.17, 15) is 9.59 Å². The zero-order valence-corrected chi connectivity index (χ0v) is 19.8. The lowest BCUT2D eigenvalue weighted by Crippen LogP contribution is -2.49. The van der Waals surface area contributed by atoms with Gasteiger partial charge in [-0.05, 0) is 48.8 Å². The molecule has 2 aromatic rings. The molecule has 0 saturated heterocycles. The fourth-order valence-corrected chi connectivity index (χ4v) is 3.64. The van der Waals surface area contributed by atoms with Gasteiger partial charge in [0.05, 0.1) is 0 Å². The minimum Gasteiger partial charge on any atom is -0.354 e. The summed E-state index contributed by atoms with van der Waals surface area (Å²) >= 11 is 0. The molecule has 31 heavy (non-hydrogen) atoms. The van der Waals surface area contributed by atoms with E-state index in [4.69, 9.17) is 0 Å². The molecule has 0 aromatic heterocycles. The molecule has 4 nitrogen and oxygen atoms in total. The molecule has 1 atom stereocenters. The number of hydrogen-bond donors (Lipinski definition) is 1. The number of aryl methyl sites for hydroxylation is 2. The highest BCUT2D eigenvalue weighted by Crippen LogP contribution is 2.18. The quantitative estimate of drug-likeness (QED) is 0.528. The van der Waals surface area contributed by atoms with Crippen LogP contribution in [0.5, 0.6) is 0 Å². The second kappa shape index (κ2) is 12.3. The summed E-state index contributed by atoms with van der Waals surface area (Å²) < 4.78 is 0. The normalized spacial score (nSPS) is 11.9. The third-order valence-corrected chi connectivity index (χ3v) is 5.68.